The van der Waals surface area contributed by atoms with Gasteiger partial charge in [0.05, 0.1) is 0 Å². The molecule has 1 aliphatic carbocycles. The molecule has 17 heavy (non-hydrogen) atoms. The first-order chi connectivity index (χ1) is 8.15. The summed E-state index contributed by atoms with van der Waals surface area (Å²) in [6, 6.07) is 4.75. The Hall–Kier alpha value is -0.700. The van der Waals surface area contributed by atoms with Crippen LogP contribution >= 0.6 is 15.9 Å². The van der Waals surface area contributed by atoms with Crippen molar-refractivity contribution in [3.05, 3.63) is 34.1 Å². The van der Waals surface area contributed by atoms with E-state index in [2.05, 4.69) is 15.9 Å². The third-order valence-electron chi connectivity index (χ3n) is 3.39. The second-order valence-electron chi connectivity index (χ2n) is 4.81. The number of rotatable bonds is 4. The average molecular weight is 299 g/mol. The standard InChI is InChI=1S/C14H16BrFO/c15-12-5-6-14(16)11(8-12)9-13(17)7-10-3-1-2-4-10/h5-6,8,10H,1-4,7,9H2. The number of carbonyl (C=O) groups is 1. The van der Waals surface area contributed by atoms with Crippen LogP contribution in [-0.4, -0.2) is 5.78 Å². The fraction of sp³-hybridized carbons (Fsp3) is 0.500. The van der Waals surface area contributed by atoms with Crippen LogP contribution in [0.5, 0.6) is 0 Å². The van der Waals surface area contributed by atoms with Gasteiger partial charge in [0.25, 0.3) is 0 Å². The predicted molar refractivity (Wildman–Crippen MR) is 69.4 cm³/mol. The molecule has 0 spiro atoms. The Kier molecular flexibility index (Phi) is 4.32. The van der Waals surface area contributed by atoms with Crippen LogP contribution in [0.4, 0.5) is 4.39 Å². The maximum atomic E-state index is 13.5. The summed E-state index contributed by atoms with van der Waals surface area (Å²) in [5.74, 6) is 0.416. The van der Waals surface area contributed by atoms with Crippen molar-refractivity contribution in [2.75, 3.05) is 0 Å². The first kappa shape index (κ1) is 12.7. The maximum absolute atomic E-state index is 13.5. The van der Waals surface area contributed by atoms with E-state index in [4.69, 9.17) is 0 Å². The summed E-state index contributed by atoms with van der Waals surface area (Å²) < 4.78 is 14.3. The Balaban J connectivity index is 1.95. The highest BCUT2D eigenvalue weighted by molar-refractivity contribution is 9.10. The summed E-state index contributed by atoms with van der Waals surface area (Å²) in [5, 5.41) is 0. The molecule has 3 heteroatoms. The molecule has 0 aliphatic heterocycles. The molecule has 0 bridgehead atoms. The Morgan fingerprint density at radius 1 is 1.35 bits per heavy atom. The van der Waals surface area contributed by atoms with Gasteiger partial charge in [-0.3, -0.25) is 4.79 Å². The van der Waals surface area contributed by atoms with Crippen LogP contribution in [0.1, 0.15) is 37.7 Å². The van der Waals surface area contributed by atoms with Gasteiger partial charge in [-0.1, -0.05) is 41.6 Å². The van der Waals surface area contributed by atoms with Gasteiger partial charge in [0.15, 0.2) is 0 Å². The normalized spacial score (nSPS) is 16.4. The van der Waals surface area contributed by atoms with Crippen molar-refractivity contribution in [3.63, 3.8) is 0 Å². The van der Waals surface area contributed by atoms with Gasteiger partial charge >= 0.3 is 0 Å². The molecule has 0 heterocycles. The monoisotopic (exact) mass is 298 g/mol. The van der Waals surface area contributed by atoms with Crippen LogP contribution in [0, 0.1) is 11.7 Å². The van der Waals surface area contributed by atoms with Gasteiger partial charge < -0.3 is 0 Å². The molecular weight excluding hydrogens is 283 g/mol. The van der Waals surface area contributed by atoms with Gasteiger partial charge in [-0.05, 0) is 29.7 Å². The van der Waals surface area contributed by atoms with E-state index in [1.165, 1.54) is 18.9 Å². The van der Waals surface area contributed by atoms with E-state index in [9.17, 15) is 9.18 Å². The summed E-state index contributed by atoms with van der Waals surface area (Å²) in [4.78, 5) is 11.8. The zero-order valence-electron chi connectivity index (χ0n) is 9.72. The van der Waals surface area contributed by atoms with Gasteiger partial charge in [-0.2, -0.15) is 0 Å². The molecule has 0 saturated heterocycles. The Morgan fingerprint density at radius 3 is 2.76 bits per heavy atom. The van der Waals surface area contributed by atoms with E-state index in [0.717, 1.165) is 17.3 Å². The summed E-state index contributed by atoms with van der Waals surface area (Å²) in [6.45, 7) is 0. The summed E-state index contributed by atoms with van der Waals surface area (Å²) in [6.07, 6.45) is 5.64. The largest absolute Gasteiger partial charge is 0.299 e. The fourth-order valence-corrected chi connectivity index (χ4v) is 2.91. The van der Waals surface area contributed by atoms with Crippen molar-refractivity contribution >= 4 is 21.7 Å². The Bertz CT molecular complexity index is 411. The molecule has 0 radical (unpaired) electrons. The number of hydrogen-bond donors (Lipinski definition) is 0. The summed E-state index contributed by atoms with van der Waals surface area (Å²) >= 11 is 3.30. The van der Waals surface area contributed by atoms with Gasteiger partial charge in [-0.15, -0.1) is 0 Å². The highest BCUT2D eigenvalue weighted by Crippen LogP contribution is 2.28. The molecule has 1 aliphatic rings. The van der Waals surface area contributed by atoms with Gasteiger partial charge in [0, 0.05) is 17.3 Å². The molecule has 92 valence electrons. The lowest BCUT2D eigenvalue weighted by Crippen LogP contribution is -2.09. The SMILES string of the molecule is O=C(Cc1cc(Br)ccc1F)CC1CCCC1. The first-order valence-electron chi connectivity index (χ1n) is 6.11. The zero-order valence-corrected chi connectivity index (χ0v) is 11.3. The molecule has 1 aromatic carbocycles. The molecular formula is C14H16BrFO. The topological polar surface area (TPSA) is 17.1 Å². The van der Waals surface area contributed by atoms with Crippen LogP contribution in [0.25, 0.3) is 0 Å². The number of hydrogen-bond acceptors (Lipinski definition) is 1. The lowest BCUT2D eigenvalue weighted by atomic mass is 9.97. The molecule has 0 unspecified atom stereocenters. The highest BCUT2D eigenvalue weighted by Gasteiger charge is 2.19. The lowest BCUT2D eigenvalue weighted by molar-refractivity contribution is -0.119. The van der Waals surface area contributed by atoms with Crippen molar-refractivity contribution in [2.45, 2.75) is 38.5 Å². The third-order valence-corrected chi connectivity index (χ3v) is 3.88. The third kappa shape index (κ3) is 3.63. The average Bonchev–Trinajstić information content (AvgIpc) is 2.76. The molecule has 1 aromatic rings. The number of halogens is 2. The first-order valence-corrected chi connectivity index (χ1v) is 6.90. The molecule has 1 nitrogen and oxygen atoms in total. The van der Waals surface area contributed by atoms with Crippen molar-refractivity contribution < 1.29 is 9.18 Å². The minimum atomic E-state index is -0.284. The van der Waals surface area contributed by atoms with Crippen molar-refractivity contribution in [1.29, 1.82) is 0 Å². The van der Waals surface area contributed by atoms with Crippen LogP contribution in [-0.2, 0) is 11.2 Å². The Labute approximate surface area is 110 Å². The molecule has 2 rings (SSSR count). The molecule has 1 fully saturated rings. The Morgan fingerprint density at radius 2 is 2.06 bits per heavy atom. The van der Waals surface area contributed by atoms with E-state index in [0.29, 0.717) is 17.9 Å². The van der Waals surface area contributed by atoms with Crippen molar-refractivity contribution in [1.82, 2.24) is 0 Å². The quantitative estimate of drug-likeness (QED) is 0.811. The second-order valence-corrected chi connectivity index (χ2v) is 5.72. The number of Topliss-reactive ketones (excluding diaryl/α,β-unsaturated/α-hetero) is 1. The van der Waals surface area contributed by atoms with E-state index in [-0.39, 0.29) is 18.0 Å². The van der Waals surface area contributed by atoms with E-state index < -0.39 is 0 Å². The molecule has 0 aromatic heterocycles. The number of ketones is 1. The molecule has 1 saturated carbocycles. The fourth-order valence-electron chi connectivity index (χ4n) is 2.50. The highest BCUT2D eigenvalue weighted by atomic mass is 79.9. The summed E-state index contributed by atoms with van der Waals surface area (Å²) in [5.41, 5.74) is 0.502. The molecule has 0 amide bonds. The van der Waals surface area contributed by atoms with Crippen molar-refractivity contribution in [3.8, 4) is 0 Å². The van der Waals surface area contributed by atoms with Crippen LogP contribution in [0.2, 0.25) is 0 Å². The number of benzene rings is 1. The molecule has 0 N–H and O–H groups in total. The van der Waals surface area contributed by atoms with Crippen LogP contribution in [0.3, 0.4) is 0 Å². The van der Waals surface area contributed by atoms with Crippen molar-refractivity contribution in [2.24, 2.45) is 5.92 Å². The predicted octanol–water partition coefficient (Wildman–Crippen LogP) is 4.28. The summed E-state index contributed by atoms with van der Waals surface area (Å²) in [7, 11) is 0. The minimum absolute atomic E-state index is 0.161. The number of carbonyl (C=O) groups excluding carboxylic acids is 1. The zero-order chi connectivity index (χ0) is 12.3. The lowest BCUT2D eigenvalue weighted by Gasteiger charge is -2.08. The molecule has 0 atom stereocenters. The van der Waals surface area contributed by atoms with E-state index in [1.807, 2.05) is 0 Å². The van der Waals surface area contributed by atoms with Gasteiger partial charge in [-0.25, -0.2) is 4.39 Å². The van der Waals surface area contributed by atoms with Crippen LogP contribution in [0.15, 0.2) is 22.7 Å². The van der Waals surface area contributed by atoms with Crippen LogP contribution < -0.4 is 0 Å². The van der Waals surface area contributed by atoms with E-state index >= 15 is 0 Å². The maximum Gasteiger partial charge on any atom is 0.137 e. The van der Waals surface area contributed by atoms with Gasteiger partial charge in [0.2, 0.25) is 0 Å². The smallest absolute Gasteiger partial charge is 0.137 e. The second kappa shape index (κ2) is 5.76. The van der Waals surface area contributed by atoms with E-state index in [1.54, 1.807) is 12.1 Å². The minimum Gasteiger partial charge on any atom is -0.299 e. The van der Waals surface area contributed by atoms with Gasteiger partial charge in [0.1, 0.15) is 11.6 Å².